The van der Waals surface area contributed by atoms with Gasteiger partial charge in [-0.05, 0) is 6.42 Å². The Morgan fingerprint density at radius 3 is 2.23 bits per heavy atom. The number of aliphatic hydroxyl groups excluding tert-OH is 4. The summed E-state index contributed by atoms with van der Waals surface area (Å²) in [6.45, 7) is 1.01. The Hall–Kier alpha value is -0.200. The van der Waals surface area contributed by atoms with Gasteiger partial charge in [0, 0.05) is 13.1 Å². The SMILES string of the molecule is O[C@H]1[C@H]2[C@H](O)[C@@H](O)CCN2C[C@H]1O. The van der Waals surface area contributed by atoms with Crippen LogP contribution in [-0.4, -0.2) is 68.9 Å². The molecule has 2 rings (SSSR count). The number of nitrogens with zero attached hydrogens (tertiary/aromatic N) is 1. The lowest BCUT2D eigenvalue weighted by Gasteiger charge is -2.37. The fourth-order valence-electron chi connectivity index (χ4n) is 2.27. The van der Waals surface area contributed by atoms with Crippen LogP contribution in [0.3, 0.4) is 0 Å². The molecule has 0 bridgehead atoms. The van der Waals surface area contributed by atoms with E-state index in [2.05, 4.69) is 0 Å². The van der Waals surface area contributed by atoms with E-state index in [1.165, 1.54) is 0 Å². The van der Waals surface area contributed by atoms with Crippen molar-refractivity contribution in [2.45, 2.75) is 36.9 Å². The van der Waals surface area contributed by atoms with Crippen molar-refractivity contribution in [1.82, 2.24) is 4.90 Å². The van der Waals surface area contributed by atoms with Crippen LogP contribution in [-0.2, 0) is 0 Å². The Kier molecular flexibility index (Phi) is 2.29. The van der Waals surface area contributed by atoms with Gasteiger partial charge in [0.1, 0.15) is 0 Å². The van der Waals surface area contributed by atoms with E-state index >= 15 is 0 Å². The minimum absolute atomic E-state index is 0.385. The van der Waals surface area contributed by atoms with Crippen molar-refractivity contribution in [1.29, 1.82) is 0 Å². The van der Waals surface area contributed by atoms with E-state index in [1.54, 1.807) is 0 Å². The Morgan fingerprint density at radius 2 is 1.54 bits per heavy atom. The Labute approximate surface area is 76.2 Å². The summed E-state index contributed by atoms with van der Waals surface area (Å²) in [6.07, 6.45) is -2.96. The third-order valence-corrected chi connectivity index (χ3v) is 3.04. The maximum absolute atomic E-state index is 9.57. The van der Waals surface area contributed by atoms with Crippen LogP contribution in [0.1, 0.15) is 6.42 Å². The van der Waals surface area contributed by atoms with Crippen LogP contribution >= 0.6 is 0 Å². The average Bonchev–Trinajstić information content (AvgIpc) is 2.37. The highest BCUT2D eigenvalue weighted by atomic mass is 16.4. The van der Waals surface area contributed by atoms with Crippen molar-refractivity contribution in [3.63, 3.8) is 0 Å². The van der Waals surface area contributed by atoms with Crippen molar-refractivity contribution in [2.75, 3.05) is 13.1 Å². The molecule has 0 aromatic heterocycles. The first-order valence-corrected chi connectivity index (χ1v) is 4.57. The molecule has 2 heterocycles. The molecule has 4 N–H and O–H groups in total. The molecule has 0 aromatic rings. The highest BCUT2D eigenvalue weighted by molar-refractivity contribution is 5.02. The first-order valence-electron chi connectivity index (χ1n) is 4.57. The number of fused-ring (bicyclic) bond motifs is 1. The lowest BCUT2D eigenvalue weighted by atomic mass is 9.94. The minimum atomic E-state index is -0.944. The molecule has 5 atom stereocenters. The summed E-state index contributed by atoms with van der Waals surface area (Å²) in [5.41, 5.74) is 0. The van der Waals surface area contributed by atoms with Crippen LogP contribution in [0, 0.1) is 0 Å². The van der Waals surface area contributed by atoms with Gasteiger partial charge in [-0.25, -0.2) is 0 Å². The first kappa shape index (κ1) is 9.36. The van der Waals surface area contributed by atoms with Gasteiger partial charge in [0.2, 0.25) is 0 Å². The molecule has 0 aromatic carbocycles. The van der Waals surface area contributed by atoms with Crippen molar-refractivity contribution in [2.24, 2.45) is 0 Å². The number of rotatable bonds is 0. The second-order valence-corrected chi connectivity index (χ2v) is 3.89. The molecule has 0 saturated carbocycles. The van der Waals surface area contributed by atoms with Crippen molar-refractivity contribution >= 4 is 0 Å². The van der Waals surface area contributed by atoms with Crippen LogP contribution in [0.2, 0.25) is 0 Å². The van der Waals surface area contributed by atoms with E-state index in [-0.39, 0.29) is 0 Å². The molecule has 0 radical (unpaired) electrons. The van der Waals surface area contributed by atoms with Crippen LogP contribution in [0.4, 0.5) is 0 Å². The zero-order chi connectivity index (χ0) is 9.59. The van der Waals surface area contributed by atoms with E-state index in [9.17, 15) is 20.4 Å². The smallest absolute Gasteiger partial charge is 0.0992 e. The zero-order valence-electron chi connectivity index (χ0n) is 7.24. The molecule has 0 aliphatic carbocycles. The molecule has 76 valence electrons. The van der Waals surface area contributed by atoms with Gasteiger partial charge in [0.15, 0.2) is 0 Å². The molecule has 5 nitrogen and oxygen atoms in total. The lowest BCUT2D eigenvalue weighted by molar-refractivity contribution is -0.0907. The van der Waals surface area contributed by atoms with Gasteiger partial charge in [-0.1, -0.05) is 0 Å². The minimum Gasteiger partial charge on any atom is -0.390 e. The van der Waals surface area contributed by atoms with Gasteiger partial charge < -0.3 is 20.4 Å². The highest BCUT2D eigenvalue weighted by Gasteiger charge is 2.48. The average molecular weight is 189 g/mol. The monoisotopic (exact) mass is 189 g/mol. The first-order chi connectivity index (χ1) is 6.11. The molecular formula is C8H15NO4. The standard InChI is InChI=1S/C8H15NO4/c10-4-1-2-9-3-5(11)8(13)6(9)7(4)12/h4-8,10-13H,1-3H2/t4-,5+,6+,7+,8+/m0/s1. The van der Waals surface area contributed by atoms with Crippen LogP contribution in [0.5, 0.6) is 0 Å². The van der Waals surface area contributed by atoms with E-state index in [4.69, 9.17) is 0 Å². The maximum atomic E-state index is 9.57. The van der Waals surface area contributed by atoms with Gasteiger partial charge in [-0.3, -0.25) is 4.90 Å². The van der Waals surface area contributed by atoms with E-state index in [0.29, 0.717) is 19.5 Å². The molecule has 2 aliphatic rings. The number of piperidine rings is 1. The van der Waals surface area contributed by atoms with Gasteiger partial charge in [0.25, 0.3) is 0 Å². The van der Waals surface area contributed by atoms with E-state index in [0.717, 1.165) is 0 Å². The quantitative estimate of drug-likeness (QED) is 0.339. The van der Waals surface area contributed by atoms with Crippen LogP contribution in [0.25, 0.3) is 0 Å². The second kappa shape index (κ2) is 3.18. The van der Waals surface area contributed by atoms with Gasteiger partial charge in [-0.15, -0.1) is 0 Å². The summed E-state index contributed by atoms with van der Waals surface area (Å²) in [5.74, 6) is 0. The molecular weight excluding hydrogens is 174 g/mol. The molecule has 0 spiro atoms. The van der Waals surface area contributed by atoms with Crippen LogP contribution in [0.15, 0.2) is 0 Å². The van der Waals surface area contributed by atoms with Gasteiger partial charge in [-0.2, -0.15) is 0 Å². The number of aliphatic hydroxyl groups is 4. The number of hydrogen-bond acceptors (Lipinski definition) is 5. The fraction of sp³-hybridized carbons (Fsp3) is 1.00. The second-order valence-electron chi connectivity index (χ2n) is 3.89. The molecule has 2 fully saturated rings. The topological polar surface area (TPSA) is 84.2 Å². The normalized spacial score (nSPS) is 52.2. The molecule has 0 unspecified atom stereocenters. The highest BCUT2D eigenvalue weighted by Crippen LogP contribution is 2.27. The largest absolute Gasteiger partial charge is 0.390 e. The summed E-state index contributed by atoms with van der Waals surface area (Å²) >= 11 is 0. The van der Waals surface area contributed by atoms with Gasteiger partial charge >= 0.3 is 0 Å². The van der Waals surface area contributed by atoms with Crippen LogP contribution < -0.4 is 0 Å². The number of hydrogen-bond donors (Lipinski definition) is 4. The summed E-state index contributed by atoms with van der Waals surface area (Å²) < 4.78 is 0. The third kappa shape index (κ3) is 1.37. The van der Waals surface area contributed by atoms with Crippen molar-refractivity contribution in [3.8, 4) is 0 Å². The molecule has 0 amide bonds. The Morgan fingerprint density at radius 1 is 0.923 bits per heavy atom. The fourth-order valence-corrected chi connectivity index (χ4v) is 2.27. The Bertz CT molecular complexity index is 199. The van der Waals surface area contributed by atoms with Crippen molar-refractivity contribution in [3.05, 3.63) is 0 Å². The predicted octanol–water partition coefficient (Wildman–Crippen LogP) is -2.48. The molecule has 2 saturated heterocycles. The van der Waals surface area contributed by atoms with Gasteiger partial charge in [0.05, 0.1) is 30.5 Å². The summed E-state index contributed by atoms with van der Waals surface area (Å²) in [4.78, 5) is 1.83. The van der Waals surface area contributed by atoms with E-state index in [1.807, 2.05) is 4.90 Å². The van der Waals surface area contributed by atoms with Crippen molar-refractivity contribution < 1.29 is 20.4 Å². The predicted molar refractivity (Wildman–Crippen MR) is 44.0 cm³/mol. The van der Waals surface area contributed by atoms with E-state index < -0.39 is 30.5 Å². The summed E-state index contributed by atoms with van der Waals surface area (Å²) in [6, 6.07) is -0.501. The lowest BCUT2D eigenvalue weighted by Crippen LogP contribution is -2.55. The molecule has 2 aliphatic heterocycles. The zero-order valence-corrected chi connectivity index (χ0v) is 7.24. The molecule has 5 heteroatoms. The summed E-state index contributed by atoms with van der Waals surface area (Å²) in [5, 5.41) is 37.8. The summed E-state index contributed by atoms with van der Waals surface area (Å²) in [7, 11) is 0. The Balaban J connectivity index is 2.14. The maximum Gasteiger partial charge on any atom is 0.0992 e. The third-order valence-electron chi connectivity index (χ3n) is 3.04. The molecule has 13 heavy (non-hydrogen) atoms.